The van der Waals surface area contributed by atoms with E-state index in [9.17, 15) is 120 Å². The van der Waals surface area contributed by atoms with Gasteiger partial charge in [-0.15, -0.1) is 16.9 Å². The van der Waals surface area contributed by atoms with E-state index in [1.165, 1.54) is 18.2 Å². The molecule has 0 bridgehead atoms. The number of likely N-dealkylation sites (tertiary alicyclic amines) is 1. The van der Waals surface area contributed by atoms with E-state index in [2.05, 4.69) is 36.8 Å². The Morgan fingerprint density at radius 2 is 1.16 bits per heavy atom. The number of azo groups is 1. The van der Waals surface area contributed by atoms with Crippen molar-refractivity contribution in [3.8, 4) is 16.9 Å². The number of carboxylic acids is 6. The molecule has 2 aliphatic rings. The Labute approximate surface area is 702 Å². The van der Waals surface area contributed by atoms with Crippen LogP contribution in [0.2, 0.25) is 0 Å². The summed E-state index contributed by atoms with van der Waals surface area (Å²) in [5.74, 6) is -13.6. The first kappa shape index (κ1) is 99.4. The van der Waals surface area contributed by atoms with Gasteiger partial charge in [-0.25, -0.2) is 4.79 Å². The zero-order valence-electron chi connectivity index (χ0n) is 67.5. The van der Waals surface area contributed by atoms with Gasteiger partial charge in [0, 0.05) is 127 Å². The fourth-order valence-corrected chi connectivity index (χ4v) is 16.6. The number of phenolic OH excluding ortho intramolecular Hbond substituents is 1. The number of nitrogen functional groups attached to an aromatic ring is 1. The predicted molar refractivity (Wildman–Crippen MR) is 441 cm³/mol. The third kappa shape index (κ3) is 34.9. The van der Waals surface area contributed by atoms with Crippen molar-refractivity contribution < 1.29 is 130 Å². The molecule has 0 spiro atoms. The Morgan fingerprint density at radius 1 is 0.603 bits per heavy atom. The van der Waals surface area contributed by atoms with Gasteiger partial charge in [0.25, 0.3) is 10.1 Å². The second-order valence-electron chi connectivity index (χ2n) is 29.9. The summed E-state index contributed by atoms with van der Waals surface area (Å²) < 4.78 is 51.2. The lowest BCUT2D eigenvalue weighted by atomic mass is 9.96. The Hall–Kier alpha value is -10.4. The Balaban J connectivity index is 0.962. The van der Waals surface area contributed by atoms with E-state index >= 15 is 0 Å². The van der Waals surface area contributed by atoms with Crippen LogP contribution in [-0.2, 0) is 86.3 Å². The number of thioether (sulfide) groups is 1. The molecule has 43 heteroatoms. The lowest BCUT2D eigenvalue weighted by molar-refractivity contribution is -0.143. The first-order valence-electron chi connectivity index (χ1n) is 39.4. The van der Waals surface area contributed by atoms with Gasteiger partial charge in [-0.3, -0.25) is 95.9 Å². The summed E-state index contributed by atoms with van der Waals surface area (Å²) in [5, 5.41) is 89.2. The number of nitrogens with zero attached hydrogens (tertiary/aromatic N) is 7. The maximum atomic E-state index is 14.5. The number of ketones is 1. The van der Waals surface area contributed by atoms with Crippen LogP contribution in [0.4, 0.5) is 22.7 Å². The summed E-state index contributed by atoms with van der Waals surface area (Å²) in [4.78, 5) is 193. The smallest absolute Gasteiger partial charge is 0.328 e. The number of aryl methyl sites for hydroxylation is 2. The minimum absolute atomic E-state index is 0.0197. The number of carbonyl (C=O) groups excluding carboxylic acids is 8. The first-order chi connectivity index (χ1) is 57.1. The number of aliphatic carboxylic acids is 6. The highest BCUT2D eigenvalue weighted by Crippen LogP contribution is 2.45. The minimum Gasteiger partial charge on any atom is -0.505 e. The van der Waals surface area contributed by atoms with Crippen LogP contribution in [0.5, 0.6) is 5.75 Å². The van der Waals surface area contributed by atoms with Crippen molar-refractivity contribution in [3.63, 3.8) is 0 Å². The number of unbranched alkanes of at least 4 members (excludes halogenated alkanes) is 3. The molecule has 2 heterocycles. The number of phenols is 1. The van der Waals surface area contributed by atoms with Crippen LogP contribution in [0.25, 0.3) is 21.9 Å². The molecule has 6 atom stereocenters. The first-order valence-corrected chi connectivity index (χ1v) is 43.6. The van der Waals surface area contributed by atoms with E-state index < -0.39 is 162 Å². The number of amides is 7. The molecule has 0 radical (unpaired) electrons. The van der Waals surface area contributed by atoms with Gasteiger partial charge in [0.2, 0.25) is 41.4 Å². The number of rotatable bonds is 50. The second kappa shape index (κ2) is 48.9. The number of Topliss-reactive ketones (excluding diaryl/α,β-unsaturated/α-hetero) is 1. The summed E-state index contributed by atoms with van der Waals surface area (Å²) in [6.45, 7) is 4.59. The molecule has 3 unspecified atom stereocenters. The molecule has 2 saturated heterocycles. The van der Waals surface area contributed by atoms with Gasteiger partial charge in [-0.2, -0.15) is 13.5 Å². The molecule has 16 N–H and O–H groups in total. The molecule has 0 aromatic heterocycles. The molecule has 7 amide bonds. The van der Waals surface area contributed by atoms with E-state index in [-0.39, 0.29) is 195 Å². The number of nitrogens with two attached hydrogens (primary N) is 1. The molecule has 0 saturated carbocycles. The van der Waals surface area contributed by atoms with E-state index in [1.807, 2.05) is 12.1 Å². The Kier molecular flexibility index (Phi) is 40.1. The van der Waals surface area contributed by atoms with Gasteiger partial charge in [0.05, 0.1) is 66.9 Å². The monoisotopic (exact) mass is 1750 g/mol. The van der Waals surface area contributed by atoms with Crippen LogP contribution >= 0.6 is 19.4 Å². The van der Waals surface area contributed by atoms with Gasteiger partial charge in [0.15, 0.2) is 5.75 Å². The zero-order chi connectivity index (χ0) is 89.3. The summed E-state index contributed by atoms with van der Waals surface area (Å²) in [7, 11) is -9.15. The molecular formula is C78H108N13O27PS2. The maximum absolute atomic E-state index is 14.5. The van der Waals surface area contributed by atoms with Crippen LogP contribution in [0.15, 0.2) is 75.8 Å². The number of aromatic hydroxyl groups is 1. The Morgan fingerprint density at radius 3 is 1.73 bits per heavy atom. The quantitative estimate of drug-likeness (QED) is 0.00712. The van der Waals surface area contributed by atoms with Crippen LogP contribution in [-0.4, -0.2) is 295 Å². The highest BCUT2D eigenvalue weighted by molar-refractivity contribution is 8.01. The molecule has 0 aliphatic carbocycles. The SMILES string of the molecule is Cc1cc(-c2ccc(NC(=O)[C@@H](CCCCNC(=O)CCN3C(=O)CC(SCC(=O)NCCCCCC(=O)C[C@H](C)CCC(=O)N[C@@H](CCCOP(=O)(O)CC(CCC(=O)O)C(=O)O)C(=O)O)C3=O)NC(=O)CN3CCN(CC(=O)O)CCN(CC(=O)O)CCN(CC(=O)O)CC3)c(C)c2)ccc1N=Nc1ccc2c(S(=O)(=O)O)ccc(N)c2c1O. The van der Waals surface area contributed by atoms with Gasteiger partial charge < -0.3 is 77.5 Å². The number of benzene rings is 4. The van der Waals surface area contributed by atoms with Gasteiger partial charge >= 0.3 is 43.4 Å². The predicted octanol–water partition coefficient (Wildman–Crippen LogP) is 4.68. The van der Waals surface area contributed by atoms with E-state index in [1.54, 1.807) is 64.6 Å². The number of imide groups is 1. The van der Waals surface area contributed by atoms with Crippen molar-refractivity contribution in [2.45, 2.75) is 146 Å². The van der Waals surface area contributed by atoms with Crippen LogP contribution in [0.1, 0.15) is 121 Å². The number of hydrogen-bond acceptors (Lipinski definition) is 27. The molecule has 2 fully saturated rings. The lowest BCUT2D eigenvalue weighted by Gasteiger charge is -2.33. The van der Waals surface area contributed by atoms with Crippen molar-refractivity contribution >= 4 is 146 Å². The molecule has 4 aromatic rings. The zero-order valence-corrected chi connectivity index (χ0v) is 70.1. The molecular weight excluding hydrogens is 1650 g/mol. The average molecular weight is 1750 g/mol. The van der Waals surface area contributed by atoms with E-state index in [0.29, 0.717) is 48.2 Å². The van der Waals surface area contributed by atoms with Crippen molar-refractivity contribution in [1.29, 1.82) is 0 Å². The number of carboxylic acid groups (broad SMARTS) is 6. The normalized spacial score (nSPS) is 16.4. The molecule has 40 nitrogen and oxygen atoms in total. The standard InChI is InChI=1S/C78H108N13O27PS2/c1-48(13-23-65(94)83-61(78(111)112)12-9-37-118-119(113,114)46-53(77(109)110)16-24-69(98)99)38-54(92)10-5-4-7-26-81-67(96)47-120-62-41-68(97)91(76(62)108)28-25-64(93)80-27-8-6-11-60(82-66(95)42-87-29-31-88(43-70(100)101)33-35-90(45-72(104)105)36-34-89(32-30-87)44-71(102)103)75(107)84-57-19-14-51(39-49(57)2)52-15-20-58(50(3)40-52)85-86-59-21-17-55-63(121(115,116)117)22-18-56(79)73(55)74(59)106/h14-15,17-22,39-40,48,53,60-62,106H,4-13,16,23-38,41-47,79H2,1-3H3,(H,80,93)(H,81,96)(H,82,95)(H,83,94)(H,84,107)(H,98,99)(H,100,101)(H,102,103)(H,104,105)(H,109,110)(H,111,112)(H,113,114)(H,115,116,117)/t48-,53?,60-,61+,62?/m1/s1. The van der Waals surface area contributed by atoms with E-state index in [0.717, 1.165) is 33.9 Å². The number of fused-ring (bicyclic) bond motifs is 1. The molecule has 4 aromatic carbocycles. The van der Waals surface area contributed by atoms with E-state index in [4.69, 9.17) is 15.4 Å². The summed E-state index contributed by atoms with van der Waals surface area (Å²) >= 11 is 0.981. The van der Waals surface area contributed by atoms with Crippen LogP contribution < -0.4 is 32.3 Å². The third-order valence-corrected chi connectivity index (χ3v) is 23.7. The lowest BCUT2D eigenvalue weighted by Crippen LogP contribution is -2.51. The summed E-state index contributed by atoms with van der Waals surface area (Å²) in [5.41, 5.74) is 9.67. The Bertz CT molecular complexity index is 4560. The van der Waals surface area contributed by atoms with Crippen molar-refractivity contribution in [3.05, 3.63) is 71.8 Å². The molecule has 664 valence electrons. The second-order valence-corrected chi connectivity index (χ2v) is 34.3. The topological polar surface area (TPSA) is 609 Å². The fraction of sp³-hybridized carbons (Fsp3) is 0.538. The van der Waals surface area contributed by atoms with Crippen molar-refractivity contribution in [2.24, 2.45) is 22.1 Å². The molecule has 121 heavy (non-hydrogen) atoms. The highest BCUT2D eigenvalue weighted by atomic mass is 32.2. The largest absolute Gasteiger partial charge is 0.505 e. The van der Waals surface area contributed by atoms with Crippen LogP contribution in [0.3, 0.4) is 0 Å². The average Bonchev–Trinajstić information content (AvgIpc) is 1.23. The third-order valence-electron chi connectivity index (χ3n) is 20.1. The number of hydrogen-bond donors (Lipinski definition) is 15. The molecule has 2 aliphatic heterocycles. The number of anilines is 2. The van der Waals surface area contributed by atoms with Gasteiger partial charge in [-0.05, 0) is 142 Å². The summed E-state index contributed by atoms with van der Waals surface area (Å²) in [6.07, 6.45) is 0.271. The number of carbonyl (C=O) groups is 14. The minimum atomic E-state index is -4.66. The van der Waals surface area contributed by atoms with Crippen LogP contribution in [0, 0.1) is 25.7 Å². The highest BCUT2D eigenvalue weighted by Gasteiger charge is 2.39. The maximum Gasteiger partial charge on any atom is 0.328 e. The van der Waals surface area contributed by atoms with Gasteiger partial charge in [-0.1, -0.05) is 31.5 Å². The number of nitrogens with one attached hydrogen (secondary N) is 5. The summed E-state index contributed by atoms with van der Waals surface area (Å²) in [6, 6.07) is 13.0. The fourth-order valence-electron chi connectivity index (χ4n) is 13.5. The molecule has 6 rings (SSSR count). The van der Waals surface area contributed by atoms with Crippen molar-refractivity contribution in [1.82, 2.24) is 45.8 Å². The van der Waals surface area contributed by atoms with Gasteiger partial charge in [0.1, 0.15) is 28.4 Å². The van der Waals surface area contributed by atoms with Crippen molar-refractivity contribution in [2.75, 3.05) is 128 Å².